The summed E-state index contributed by atoms with van der Waals surface area (Å²) < 4.78 is 2.77. The van der Waals surface area contributed by atoms with Gasteiger partial charge in [-0.1, -0.05) is 26.0 Å². The second-order valence-corrected chi connectivity index (χ2v) is 6.24. The van der Waals surface area contributed by atoms with E-state index in [0.717, 1.165) is 21.7 Å². The first-order valence-corrected chi connectivity index (χ1v) is 7.16. The highest BCUT2D eigenvalue weighted by Gasteiger charge is 2.11. The smallest absolute Gasteiger partial charge is 0.166 e. The average molecular weight is 313 g/mol. The van der Waals surface area contributed by atoms with Crippen molar-refractivity contribution in [2.24, 2.45) is 0 Å². The zero-order valence-corrected chi connectivity index (χ0v) is 12.1. The number of hydrogen-bond donors (Lipinski definition) is 0. The summed E-state index contributed by atoms with van der Waals surface area (Å²) in [5.41, 5.74) is 0.969. The predicted molar refractivity (Wildman–Crippen MR) is 73.3 cm³/mol. The Balaban J connectivity index is 2.28. The van der Waals surface area contributed by atoms with Gasteiger partial charge in [0, 0.05) is 4.47 Å². The highest BCUT2D eigenvalue weighted by atomic mass is 79.9. The van der Waals surface area contributed by atoms with E-state index in [1.54, 1.807) is 4.68 Å². The minimum absolute atomic E-state index is 0.569. The Kier molecular flexibility index (Phi) is 4.17. The fourth-order valence-electron chi connectivity index (χ4n) is 1.35. The molecule has 0 bridgehead atoms. The third kappa shape index (κ3) is 3.07. The molecule has 0 aliphatic carbocycles. The summed E-state index contributed by atoms with van der Waals surface area (Å²) in [5.74, 6) is 1.68. The van der Waals surface area contributed by atoms with E-state index in [4.69, 9.17) is 0 Å². The molecule has 0 saturated carbocycles. The van der Waals surface area contributed by atoms with Crippen LogP contribution in [-0.2, 0) is 5.75 Å². The number of hydrogen-bond acceptors (Lipinski definition) is 4. The zero-order chi connectivity index (χ0) is 12.3. The summed E-state index contributed by atoms with van der Waals surface area (Å²) in [4.78, 5) is 0. The lowest BCUT2D eigenvalue weighted by Crippen LogP contribution is -2.04. The van der Waals surface area contributed by atoms with Crippen LogP contribution in [0.5, 0.6) is 0 Å². The predicted octanol–water partition coefficient (Wildman–Crippen LogP) is 3.07. The maximum Gasteiger partial charge on any atom is 0.166 e. The van der Waals surface area contributed by atoms with Gasteiger partial charge in [0.25, 0.3) is 0 Å². The molecule has 90 valence electrons. The minimum atomic E-state index is 0.569. The molecule has 0 fully saturated rings. The number of aromatic nitrogens is 4. The van der Waals surface area contributed by atoms with Gasteiger partial charge in [-0.15, -0.1) is 5.10 Å². The minimum Gasteiger partial charge on any atom is -0.195 e. The number of para-hydroxylation sites is 1. The number of halogens is 1. The van der Waals surface area contributed by atoms with Crippen molar-refractivity contribution in [3.63, 3.8) is 0 Å². The van der Waals surface area contributed by atoms with E-state index in [1.807, 2.05) is 36.0 Å². The van der Waals surface area contributed by atoms with Gasteiger partial charge in [-0.25, -0.2) is 0 Å². The summed E-state index contributed by atoms with van der Waals surface area (Å²) in [7, 11) is 0. The third-order valence-electron chi connectivity index (χ3n) is 2.16. The van der Waals surface area contributed by atoms with Gasteiger partial charge in [0.15, 0.2) is 5.82 Å². The van der Waals surface area contributed by atoms with Gasteiger partial charge < -0.3 is 0 Å². The molecule has 1 aromatic heterocycles. The molecule has 1 aromatic carbocycles. The summed E-state index contributed by atoms with van der Waals surface area (Å²) in [5, 5.41) is 12.4. The van der Waals surface area contributed by atoms with Crippen molar-refractivity contribution in [2.45, 2.75) is 24.9 Å². The normalized spacial score (nSPS) is 11.1. The Bertz CT molecular complexity index is 498. The van der Waals surface area contributed by atoms with E-state index < -0.39 is 0 Å². The maximum atomic E-state index is 4.07. The Morgan fingerprint density at radius 3 is 2.82 bits per heavy atom. The summed E-state index contributed by atoms with van der Waals surface area (Å²) >= 11 is 5.33. The molecule has 0 aliphatic rings. The van der Waals surface area contributed by atoms with Gasteiger partial charge >= 0.3 is 0 Å². The molecular weight excluding hydrogens is 300 g/mol. The van der Waals surface area contributed by atoms with Crippen molar-refractivity contribution in [2.75, 3.05) is 0 Å². The first-order chi connectivity index (χ1) is 8.18. The molecule has 2 aromatic rings. The molecule has 0 amide bonds. The van der Waals surface area contributed by atoms with Crippen molar-refractivity contribution in [3.8, 4) is 5.69 Å². The number of rotatable bonds is 4. The van der Waals surface area contributed by atoms with Crippen molar-refractivity contribution in [3.05, 3.63) is 34.6 Å². The second kappa shape index (κ2) is 5.64. The van der Waals surface area contributed by atoms with Crippen LogP contribution in [0.2, 0.25) is 0 Å². The summed E-state index contributed by atoms with van der Waals surface area (Å²) in [6.07, 6.45) is 0. The zero-order valence-electron chi connectivity index (χ0n) is 9.67. The Morgan fingerprint density at radius 2 is 2.12 bits per heavy atom. The van der Waals surface area contributed by atoms with Crippen LogP contribution < -0.4 is 0 Å². The highest BCUT2D eigenvalue weighted by Crippen LogP contribution is 2.22. The van der Waals surface area contributed by atoms with Crippen LogP contribution in [0, 0.1) is 0 Å². The average Bonchev–Trinajstić information content (AvgIpc) is 2.75. The lowest BCUT2D eigenvalue weighted by molar-refractivity contribution is 0.775. The number of thioether (sulfide) groups is 1. The molecule has 2 rings (SSSR count). The topological polar surface area (TPSA) is 43.6 Å². The lowest BCUT2D eigenvalue weighted by Gasteiger charge is -2.07. The summed E-state index contributed by atoms with van der Waals surface area (Å²) in [6.45, 7) is 4.33. The van der Waals surface area contributed by atoms with E-state index in [-0.39, 0.29) is 0 Å². The fourth-order valence-corrected chi connectivity index (χ4v) is 2.46. The van der Waals surface area contributed by atoms with Gasteiger partial charge in [-0.2, -0.15) is 16.4 Å². The van der Waals surface area contributed by atoms with Crippen LogP contribution in [0.3, 0.4) is 0 Å². The molecule has 0 spiro atoms. The van der Waals surface area contributed by atoms with E-state index in [1.165, 1.54) is 0 Å². The summed E-state index contributed by atoms with van der Waals surface area (Å²) in [6, 6.07) is 7.92. The van der Waals surface area contributed by atoms with Gasteiger partial charge in [-0.3, -0.25) is 0 Å². The molecule has 0 unspecified atom stereocenters. The molecule has 0 N–H and O–H groups in total. The van der Waals surface area contributed by atoms with Crippen LogP contribution in [0.1, 0.15) is 19.7 Å². The SMILES string of the molecule is CC(C)SCc1nnnn1-c1ccccc1Br. The van der Waals surface area contributed by atoms with Crippen LogP contribution in [0.4, 0.5) is 0 Å². The van der Waals surface area contributed by atoms with Gasteiger partial charge in [-0.05, 0) is 43.7 Å². The largest absolute Gasteiger partial charge is 0.195 e. The molecule has 6 heteroatoms. The lowest BCUT2D eigenvalue weighted by atomic mass is 10.3. The number of benzene rings is 1. The molecule has 1 heterocycles. The van der Waals surface area contributed by atoms with Crippen molar-refractivity contribution in [1.29, 1.82) is 0 Å². The van der Waals surface area contributed by atoms with Crippen molar-refractivity contribution in [1.82, 2.24) is 20.2 Å². The highest BCUT2D eigenvalue weighted by molar-refractivity contribution is 9.10. The number of tetrazole rings is 1. The van der Waals surface area contributed by atoms with Crippen LogP contribution >= 0.6 is 27.7 Å². The molecule has 0 radical (unpaired) electrons. The standard InChI is InChI=1S/C11H13BrN4S/c1-8(2)17-7-11-13-14-15-16(11)10-6-4-3-5-9(10)12/h3-6,8H,7H2,1-2H3. The molecule has 4 nitrogen and oxygen atoms in total. The second-order valence-electron chi connectivity index (χ2n) is 3.82. The van der Waals surface area contributed by atoms with E-state index in [0.29, 0.717) is 5.25 Å². The number of nitrogens with zero attached hydrogens (tertiary/aromatic N) is 4. The molecule has 0 atom stereocenters. The quantitative estimate of drug-likeness (QED) is 0.870. The van der Waals surface area contributed by atoms with Crippen molar-refractivity contribution >= 4 is 27.7 Å². The first kappa shape index (κ1) is 12.6. The monoisotopic (exact) mass is 312 g/mol. The van der Waals surface area contributed by atoms with Crippen LogP contribution in [0.15, 0.2) is 28.7 Å². The van der Waals surface area contributed by atoms with Crippen LogP contribution in [-0.4, -0.2) is 25.5 Å². The molecule has 17 heavy (non-hydrogen) atoms. The van der Waals surface area contributed by atoms with E-state index in [2.05, 4.69) is 45.3 Å². The third-order valence-corrected chi connectivity index (χ3v) is 3.92. The Morgan fingerprint density at radius 1 is 1.35 bits per heavy atom. The molecular formula is C11H13BrN4S. The van der Waals surface area contributed by atoms with Crippen LogP contribution in [0.25, 0.3) is 5.69 Å². The van der Waals surface area contributed by atoms with Gasteiger partial charge in [0.1, 0.15) is 0 Å². The van der Waals surface area contributed by atoms with Gasteiger partial charge in [0.2, 0.25) is 0 Å². The maximum absolute atomic E-state index is 4.07. The van der Waals surface area contributed by atoms with E-state index >= 15 is 0 Å². The van der Waals surface area contributed by atoms with Gasteiger partial charge in [0.05, 0.1) is 11.4 Å². The Hall–Kier alpha value is -0.880. The van der Waals surface area contributed by atoms with E-state index in [9.17, 15) is 0 Å². The Labute approximate surface area is 113 Å². The fraction of sp³-hybridized carbons (Fsp3) is 0.364. The molecule has 0 aliphatic heterocycles. The first-order valence-electron chi connectivity index (χ1n) is 5.32. The van der Waals surface area contributed by atoms with Crippen molar-refractivity contribution < 1.29 is 0 Å². The molecule has 0 saturated heterocycles.